The second kappa shape index (κ2) is 9.71. The summed E-state index contributed by atoms with van der Waals surface area (Å²) in [6, 6.07) is 13.4. The molecule has 2 aromatic carbocycles. The number of halogens is 1. The molecule has 3 aliphatic rings. The number of fused-ring (bicyclic) bond motifs is 3. The molecule has 0 spiro atoms. The largest absolute Gasteiger partial charge is 0.466 e. The Morgan fingerprint density at radius 1 is 1.17 bits per heavy atom. The maximum Gasteiger partial charge on any atom is 0.344 e. The molecule has 180 valence electrons. The summed E-state index contributed by atoms with van der Waals surface area (Å²) in [4.78, 5) is 23.7. The summed E-state index contributed by atoms with van der Waals surface area (Å²) < 4.78 is 9.59. The van der Waals surface area contributed by atoms with Gasteiger partial charge in [0.05, 0.1) is 40.7 Å². The van der Waals surface area contributed by atoms with Crippen LogP contribution in [0.3, 0.4) is 0 Å². The number of aryl methyl sites for hydroxylation is 1. The van der Waals surface area contributed by atoms with Gasteiger partial charge in [-0.1, -0.05) is 30.5 Å². The highest BCUT2D eigenvalue weighted by atomic mass is 35.5. The molecule has 0 aromatic heterocycles. The van der Waals surface area contributed by atoms with Crippen LogP contribution in [0, 0.1) is 23.2 Å². The van der Waals surface area contributed by atoms with Crippen molar-refractivity contribution in [1.82, 2.24) is 0 Å². The van der Waals surface area contributed by atoms with Crippen molar-refractivity contribution < 1.29 is 19.1 Å². The van der Waals surface area contributed by atoms with Gasteiger partial charge in [-0.3, -0.25) is 5.01 Å². The Hall–Kier alpha value is -3.37. The predicted octanol–water partition coefficient (Wildman–Crippen LogP) is 4.89. The minimum Gasteiger partial charge on any atom is -0.466 e. The van der Waals surface area contributed by atoms with E-state index in [1.807, 2.05) is 24.3 Å². The number of hydrogen-bond acceptors (Lipinski definition) is 7. The van der Waals surface area contributed by atoms with E-state index in [0.717, 1.165) is 35.4 Å². The molecule has 7 nitrogen and oxygen atoms in total. The molecule has 0 N–H and O–H groups in total. The molecule has 2 aliphatic carbocycles. The van der Waals surface area contributed by atoms with Crippen molar-refractivity contribution >= 4 is 34.9 Å². The van der Waals surface area contributed by atoms with Gasteiger partial charge in [0, 0.05) is 11.5 Å². The smallest absolute Gasteiger partial charge is 0.344 e. The van der Waals surface area contributed by atoms with Crippen LogP contribution in [-0.4, -0.2) is 37.4 Å². The first kappa shape index (κ1) is 23.4. The van der Waals surface area contributed by atoms with E-state index < -0.39 is 18.5 Å². The third-order valence-electron chi connectivity index (χ3n) is 7.37. The monoisotopic (exact) mass is 491 g/mol. The highest BCUT2D eigenvalue weighted by Gasteiger charge is 2.45. The Kier molecular flexibility index (Phi) is 6.48. The maximum absolute atomic E-state index is 12.4. The predicted molar refractivity (Wildman–Crippen MR) is 131 cm³/mol. The fraction of sp³-hybridized carbons (Fsp3) is 0.407. The summed E-state index contributed by atoms with van der Waals surface area (Å²) in [6.07, 6.45) is 6.61. The number of esters is 2. The third-order valence-corrected chi connectivity index (χ3v) is 7.68. The number of anilines is 1. The molecule has 2 atom stereocenters. The van der Waals surface area contributed by atoms with Crippen LogP contribution in [0.5, 0.6) is 0 Å². The van der Waals surface area contributed by atoms with Crippen LogP contribution in [0.4, 0.5) is 5.69 Å². The van der Waals surface area contributed by atoms with Gasteiger partial charge in [-0.25, -0.2) is 9.59 Å². The lowest BCUT2D eigenvalue weighted by Gasteiger charge is -2.34. The molecule has 1 aliphatic heterocycles. The first-order chi connectivity index (χ1) is 17.0. The van der Waals surface area contributed by atoms with Crippen LogP contribution in [0.1, 0.15) is 59.2 Å². The zero-order valence-corrected chi connectivity index (χ0v) is 20.3. The van der Waals surface area contributed by atoms with E-state index in [9.17, 15) is 14.9 Å². The average molecular weight is 492 g/mol. The van der Waals surface area contributed by atoms with Crippen molar-refractivity contribution in [3.63, 3.8) is 0 Å². The summed E-state index contributed by atoms with van der Waals surface area (Å²) in [5, 5.41) is 17.0. The number of carbonyl (C=O) groups is 2. The number of ether oxygens (including phenoxy) is 2. The molecule has 8 heteroatoms. The Labute approximate surface area is 209 Å². The SMILES string of the molecule is COC(=O)COC(=O)c1ccc2c(c1)CC[C@H]1C2=NN(c2ccc(C#N)c(Cl)c2)[C@H]1C1CCCC1. The zero-order chi connectivity index (χ0) is 24.5. The molecule has 0 amide bonds. The number of rotatable bonds is 5. The number of hydrogen-bond donors (Lipinski definition) is 0. The van der Waals surface area contributed by atoms with Crippen LogP contribution in [-0.2, 0) is 20.7 Å². The molecule has 1 saturated carbocycles. The number of nitrogens with zero attached hydrogens (tertiary/aromatic N) is 3. The summed E-state index contributed by atoms with van der Waals surface area (Å²) in [5.74, 6) is -0.311. The molecule has 0 saturated heterocycles. The average Bonchev–Trinajstić information content (AvgIpc) is 3.54. The normalized spacial score (nSPS) is 21.1. The van der Waals surface area contributed by atoms with E-state index >= 15 is 0 Å². The van der Waals surface area contributed by atoms with Gasteiger partial charge in [-0.2, -0.15) is 10.4 Å². The Morgan fingerprint density at radius 3 is 2.69 bits per heavy atom. The molecular formula is C27H26ClN3O4. The minimum atomic E-state index is -0.597. The molecule has 2 aromatic rings. The maximum atomic E-state index is 12.4. The Bertz CT molecular complexity index is 1250. The number of hydrazone groups is 1. The number of carbonyl (C=O) groups excluding carboxylic acids is 2. The van der Waals surface area contributed by atoms with E-state index in [4.69, 9.17) is 21.4 Å². The van der Waals surface area contributed by atoms with Crippen LogP contribution < -0.4 is 5.01 Å². The molecule has 0 unspecified atom stereocenters. The highest BCUT2D eigenvalue weighted by molar-refractivity contribution is 6.32. The Balaban J connectivity index is 1.47. The number of methoxy groups -OCH3 is 1. The third kappa shape index (κ3) is 4.39. The van der Waals surface area contributed by atoms with Gasteiger partial charge in [0.15, 0.2) is 6.61 Å². The van der Waals surface area contributed by atoms with E-state index in [2.05, 4.69) is 15.8 Å². The summed E-state index contributed by atoms with van der Waals surface area (Å²) in [6.45, 7) is -0.410. The lowest BCUT2D eigenvalue weighted by molar-refractivity contribution is -0.144. The van der Waals surface area contributed by atoms with Gasteiger partial charge in [-0.15, -0.1) is 0 Å². The molecule has 0 bridgehead atoms. The van der Waals surface area contributed by atoms with Crippen molar-refractivity contribution in [3.8, 4) is 6.07 Å². The van der Waals surface area contributed by atoms with Crippen molar-refractivity contribution in [1.29, 1.82) is 5.26 Å². The first-order valence-electron chi connectivity index (χ1n) is 11.9. The molecule has 1 fully saturated rings. The lowest BCUT2D eigenvalue weighted by atomic mass is 9.75. The van der Waals surface area contributed by atoms with Crippen molar-refractivity contribution in [3.05, 3.63) is 63.7 Å². The van der Waals surface area contributed by atoms with E-state index in [1.54, 1.807) is 12.1 Å². The van der Waals surface area contributed by atoms with Gasteiger partial charge >= 0.3 is 11.9 Å². The van der Waals surface area contributed by atoms with E-state index in [1.165, 1.54) is 32.8 Å². The van der Waals surface area contributed by atoms with Gasteiger partial charge in [0.25, 0.3) is 0 Å². The quantitative estimate of drug-likeness (QED) is 0.553. The number of nitriles is 1. The second-order valence-electron chi connectivity index (χ2n) is 9.31. The van der Waals surface area contributed by atoms with Crippen molar-refractivity contribution in [2.45, 2.75) is 44.6 Å². The molecule has 1 heterocycles. The van der Waals surface area contributed by atoms with E-state index in [0.29, 0.717) is 22.1 Å². The molecular weight excluding hydrogens is 466 g/mol. The van der Waals surface area contributed by atoms with Gasteiger partial charge in [-0.05, 0) is 67.5 Å². The number of benzene rings is 2. The van der Waals surface area contributed by atoms with Gasteiger partial charge in [0.1, 0.15) is 6.07 Å². The lowest BCUT2D eigenvalue weighted by Crippen LogP contribution is -2.40. The van der Waals surface area contributed by atoms with Crippen LogP contribution >= 0.6 is 11.6 Å². The standard InChI is InChI=1S/C27H26ClN3O4/c1-34-24(32)15-35-27(33)18-8-10-21-17(12-18)7-11-22-25(21)30-31(26(22)16-4-2-3-5-16)20-9-6-19(14-29)23(28)13-20/h6,8-10,12-13,16,22,26H,2-5,7,11,15H2,1H3/t22-,26-/m0/s1. The second-order valence-corrected chi connectivity index (χ2v) is 9.72. The zero-order valence-electron chi connectivity index (χ0n) is 19.5. The molecule has 35 heavy (non-hydrogen) atoms. The fourth-order valence-electron chi connectivity index (χ4n) is 5.70. The fourth-order valence-corrected chi connectivity index (χ4v) is 5.92. The van der Waals surface area contributed by atoms with Crippen LogP contribution in [0.25, 0.3) is 0 Å². The summed E-state index contributed by atoms with van der Waals surface area (Å²) in [7, 11) is 1.25. The topological polar surface area (TPSA) is 92.0 Å². The van der Waals surface area contributed by atoms with E-state index in [-0.39, 0.29) is 12.0 Å². The minimum absolute atomic E-state index is 0.245. The highest BCUT2D eigenvalue weighted by Crippen LogP contribution is 2.45. The summed E-state index contributed by atoms with van der Waals surface area (Å²) >= 11 is 6.38. The summed E-state index contributed by atoms with van der Waals surface area (Å²) in [5.41, 5.74) is 4.91. The van der Waals surface area contributed by atoms with Gasteiger partial charge < -0.3 is 9.47 Å². The molecule has 5 rings (SSSR count). The van der Waals surface area contributed by atoms with Crippen molar-refractivity contribution in [2.24, 2.45) is 16.9 Å². The van der Waals surface area contributed by atoms with Crippen LogP contribution in [0.15, 0.2) is 41.5 Å². The molecule has 0 radical (unpaired) electrons. The van der Waals surface area contributed by atoms with Crippen LogP contribution in [0.2, 0.25) is 5.02 Å². The first-order valence-corrected chi connectivity index (χ1v) is 12.3. The Morgan fingerprint density at radius 2 is 1.97 bits per heavy atom. The van der Waals surface area contributed by atoms with Gasteiger partial charge in [0.2, 0.25) is 0 Å². The van der Waals surface area contributed by atoms with Crippen molar-refractivity contribution in [2.75, 3.05) is 18.7 Å².